The summed E-state index contributed by atoms with van der Waals surface area (Å²) in [5, 5.41) is 8.59. The van der Waals surface area contributed by atoms with E-state index in [0.717, 1.165) is 0 Å². The van der Waals surface area contributed by atoms with Crippen molar-refractivity contribution in [2.24, 2.45) is 5.73 Å². The first-order valence-electron chi connectivity index (χ1n) is 4.04. The Hall–Kier alpha value is -0.780. The molecule has 0 spiro atoms. The molecule has 0 bridgehead atoms. The SMILES string of the molecule is Cl.NC(CO)Cc1c(F)cc(F)cc1F. The third-order valence-corrected chi connectivity index (χ3v) is 1.81. The highest BCUT2D eigenvalue weighted by Gasteiger charge is 2.14. The minimum absolute atomic E-state index is 0. The van der Waals surface area contributed by atoms with E-state index in [1.807, 2.05) is 0 Å². The summed E-state index contributed by atoms with van der Waals surface area (Å²) in [6.45, 7) is -0.379. The smallest absolute Gasteiger partial charge is 0.132 e. The summed E-state index contributed by atoms with van der Waals surface area (Å²) in [6, 6.07) is 0.426. The predicted octanol–water partition coefficient (Wildman–Crippen LogP) is 1.39. The Bertz CT molecular complexity index is 312. The van der Waals surface area contributed by atoms with Gasteiger partial charge in [0, 0.05) is 23.7 Å². The molecule has 0 saturated carbocycles. The Morgan fingerprint density at radius 1 is 1.20 bits per heavy atom. The van der Waals surface area contributed by atoms with Crippen molar-refractivity contribution in [2.45, 2.75) is 12.5 Å². The Morgan fingerprint density at radius 2 is 1.67 bits per heavy atom. The molecule has 1 unspecified atom stereocenters. The molecule has 2 nitrogen and oxygen atoms in total. The lowest BCUT2D eigenvalue weighted by molar-refractivity contribution is 0.263. The molecule has 86 valence electrons. The van der Waals surface area contributed by atoms with Crippen LogP contribution in [0, 0.1) is 17.5 Å². The summed E-state index contributed by atoms with van der Waals surface area (Å²) in [6.07, 6.45) is -0.158. The first-order chi connectivity index (χ1) is 6.54. The van der Waals surface area contributed by atoms with Crippen LogP contribution >= 0.6 is 12.4 Å². The molecule has 0 saturated heterocycles. The number of nitrogens with two attached hydrogens (primary N) is 1. The molecule has 3 N–H and O–H groups in total. The zero-order valence-corrected chi connectivity index (χ0v) is 8.53. The van der Waals surface area contributed by atoms with E-state index in [-0.39, 0.29) is 31.0 Å². The highest BCUT2D eigenvalue weighted by Crippen LogP contribution is 2.15. The summed E-state index contributed by atoms with van der Waals surface area (Å²) >= 11 is 0. The molecule has 0 aliphatic heterocycles. The van der Waals surface area contributed by atoms with Crippen LogP contribution in [0.25, 0.3) is 0 Å². The predicted molar refractivity (Wildman–Crippen MR) is 52.3 cm³/mol. The summed E-state index contributed by atoms with van der Waals surface area (Å²) in [7, 11) is 0. The van der Waals surface area contributed by atoms with Crippen molar-refractivity contribution in [3.63, 3.8) is 0 Å². The fourth-order valence-electron chi connectivity index (χ4n) is 1.09. The molecule has 0 aliphatic rings. The minimum Gasteiger partial charge on any atom is -0.395 e. The third kappa shape index (κ3) is 3.70. The standard InChI is InChI=1S/C9H10F3NO.ClH/c10-5-1-8(11)7(9(12)2-5)3-6(13)4-14;/h1-2,6,14H,3-4,13H2;1H. The van der Waals surface area contributed by atoms with Crippen molar-refractivity contribution in [3.05, 3.63) is 35.1 Å². The quantitative estimate of drug-likeness (QED) is 0.840. The van der Waals surface area contributed by atoms with Crippen LogP contribution in [0.3, 0.4) is 0 Å². The summed E-state index contributed by atoms with van der Waals surface area (Å²) in [4.78, 5) is 0. The molecule has 15 heavy (non-hydrogen) atoms. The van der Waals surface area contributed by atoms with Crippen LogP contribution in [-0.2, 0) is 6.42 Å². The topological polar surface area (TPSA) is 46.2 Å². The van der Waals surface area contributed by atoms with Crippen molar-refractivity contribution in [2.75, 3.05) is 6.61 Å². The third-order valence-electron chi connectivity index (χ3n) is 1.81. The summed E-state index contributed by atoms with van der Waals surface area (Å²) in [5.41, 5.74) is 5.01. The van der Waals surface area contributed by atoms with E-state index in [1.165, 1.54) is 0 Å². The van der Waals surface area contributed by atoms with Crippen molar-refractivity contribution < 1.29 is 18.3 Å². The number of benzene rings is 1. The van der Waals surface area contributed by atoms with Crippen LogP contribution in [0.1, 0.15) is 5.56 Å². The van der Waals surface area contributed by atoms with E-state index in [4.69, 9.17) is 10.8 Å². The van der Waals surface area contributed by atoms with Crippen molar-refractivity contribution in [1.82, 2.24) is 0 Å². The van der Waals surface area contributed by atoms with Crippen LogP contribution in [-0.4, -0.2) is 17.8 Å². The van der Waals surface area contributed by atoms with E-state index in [9.17, 15) is 13.2 Å². The molecule has 0 aromatic heterocycles. The van der Waals surface area contributed by atoms with Gasteiger partial charge in [0.05, 0.1) is 6.61 Å². The van der Waals surface area contributed by atoms with Crippen LogP contribution in [0.15, 0.2) is 12.1 Å². The molecule has 0 radical (unpaired) electrons. The lowest BCUT2D eigenvalue weighted by Crippen LogP contribution is -2.27. The largest absolute Gasteiger partial charge is 0.395 e. The molecule has 1 atom stereocenters. The fraction of sp³-hybridized carbons (Fsp3) is 0.333. The second kappa shape index (κ2) is 5.95. The van der Waals surface area contributed by atoms with Gasteiger partial charge in [0.1, 0.15) is 17.5 Å². The average Bonchev–Trinajstić information content (AvgIpc) is 2.10. The van der Waals surface area contributed by atoms with Gasteiger partial charge in [-0.25, -0.2) is 13.2 Å². The van der Waals surface area contributed by atoms with Gasteiger partial charge >= 0.3 is 0 Å². The van der Waals surface area contributed by atoms with Gasteiger partial charge in [-0.2, -0.15) is 0 Å². The second-order valence-electron chi connectivity index (χ2n) is 2.99. The molecule has 6 heteroatoms. The highest BCUT2D eigenvalue weighted by molar-refractivity contribution is 5.85. The Morgan fingerprint density at radius 3 is 2.07 bits per heavy atom. The number of halogens is 4. The highest BCUT2D eigenvalue weighted by atomic mass is 35.5. The molecule has 0 aliphatic carbocycles. The van der Waals surface area contributed by atoms with E-state index >= 15 is 0 Å². The van der Waals surface area contributed by atoms with E-state index in [1.54, 1.807) is 0 Å². The van der Waals surface area contributed by atoms with Gasteiger partial charge in [-0.3, -0.25) is 0 Å². The maximum Gasteiger partial charge on any atom is 0.132 e. The Labute approximate surface area is 91.3 Å². The first-order valence-corrected chi connectivity index (χ1v) is 4.04. The van der Waals surface area contributed by atoms with Gasteiger partial charge in [0.25, 0.3) is 0 Å². The number of hydrogen-bond acceptors (Lipinski definition) is 2. The monoisotopic (exact) mass is 241 g/mol. The van der Waals surface area contributed by atoms with Crippen LogP contribution in [0.2, 0.25) is 0 Å². The zero-order valence-electron chi connectivity index (χ0n) is 7.71. The van der Waals surface area contributed by atoms with Gasteiger partial charge in [-0.1, -0.05) is 0 Å². The van der Waals surface area contributed by atoms with E-state index in [0.29, 0.717) is 12.1 Å². The van der Waals surface area contributed by atoms with Crippen molar-refractivity contribution in [3.8, 4) is 0 Å². The maximum absolute atomic E-state index is 13.0. The van der Waals surface area contributed by atoms with E-state index in [2.05, 4.69) is 0 Å². The molecule has 0 amide bonds. The fourth-order valence-corrected chi connectivity index (χ4v) is 1.09. The van der Waals surface area contributed by atoms with Crippen LogP contribution in [0.5, 0.6) is 0 Å². The zero-order chi connectivity index (χ0) is 10.7. The number of hydrogen-bond donors (Lipinski definition) is 2. The molecule has 1 aromatic carbocycles. The van der Waals surface area contributed by atoms with Crippen molar-refractivity contribution in [1.29, 1.82) is 0 Å². The van der Waals surface area contributed by atoms with Crippen molar-refractivity contribution >= 4 is 12.4 Å². The number of aliphatic hydroxyl groups excluding tert-OH is 1. The minimum atomic E-state index is -0.980. The molecule has 0 fully saturated rings. The normalized spacial score (nSPS) is 12.1. The summed E-state index contributed by atoms with van der Waals surface area (Å²) < 4.78 is 38.4. The number of aliphatic hydroxyl groups is 1. The first kappa shape index (κ1) is 14.2. The van der Waals surface area contributed by atoms with Gasteiger partial charge in [0.15, 0.2) is 0 Å². The molecule has 1 aromatic rings. The molecular formula is C9H11ClF3NO. The second-order valence-corrected chi connectivity index (χ2v) is 2.99. The lowest BCUT2D eigenvalue weighted by atomic mass is 10.1. The maximum atomic E-state index is 13.0. The lowest BCUT2D eigenvalue weighted by Gasteiger charge is -2.09. The van der Waals surface area contributed by atoms with E-state index < -0.39 is 23.5 Å². The molecule has 1 rings (SSSR count). The average molecular weight is 242 g/mol. The van der Waals surface area contributed by atoms with Crippen LogP contribution < -0.4 is 5.73 Å². The Kier molecular flexibility index (Phi) is 5.64. The van der Waals surface area contributed by atoms with Crippen LogP contribution in [0.4, 0.5) is 13.2 Å². The van der Waals surface area contributed by atoms with Gasteiger partial charge in [0.2, 0.25) is 0 Å². The number of rotatable bonds is 3. The Balaban J connectivity index is 0.00000196. The van der Waals surface area contributed by atoms with Gasteiger partial charge < -0.3 is 10.8 Å². The summed E-state index contributed by atoms with van der Waals surface area (Å²) in [5.74, 6) is -2.93. The molecular weight excluding hydrogens is 231 g/mol. The van der Waals surface area contributed by atoms with Gasteiger partial charge in [-0.15, -0.1) is 12.4 Å². The van der Waals surface area contributed by atoms with Gasteiger partial charge in [-0.05, 0) is 6.42 Å². The molecule has 0 heterocycles.